The number of rotatable bonds is 5. The summed E-state index contributed by atoms with van der Waals surface area (Å²) in [6.45, 7) is 5.21. The number of anilines is 1. The summed E-state index contributed by atoms with van der Waals surface area (Å²) in [5.41, 5.74) is 9.77. The molecule has 0 fully saturated rings. The van der Waals surface area contributed by atoms with Crippen LogP contribution in [0.5, 0.6) is 0 Å². The third kappa shape index (κ3) is 5.28. The van der Waals surface area contributed by atoms with Gasteiger partial charge in [-0.2, -0.15) is 0 Å². The molecule has 0 amide bonds. The van der Waals surface area contributed by atoms with E-state index in [0.717, 1.165) is 5.69 Å². The lowest BCUT2D eigenvalue weighted by molar-refractivity contribution is 0.0853. The van der Waals surface area contributed by atoms with Crippen molar-refractivity contribution in [1.29, 1.82) is 0 Å². The number of guanidine groups is 1. The first-order valence-electron chi connectivity index (χ1n) is 6.95. The Hall–Kier alpha value is -0.820. The van der Waals surface area contributed by atoms with Crippen LogP contribution in [0.4, 0.5) is 5.69 Å². The van der Waals surface area contributed by atoms with Crippen molar-refractivity contribution in [3.63, 3.8) is 0 Å². The van der Waals surface area contributed by atoms with E-state index >= 15 is 0 Å². The van der Waals surface area contributed by atoms with E-state index in [1.807, 2.05) is 13.8 Å². The molecule has 0 radical (unpaired) electrons. The number of nitrogens with zero attached hydrogens (tertiary/aromatic N) is 1. The molecule has 0 spiro atoms. The van der Waals surface area contributed by atoms with Gasteiger partial charge in [0.05, 0.1) is 19.3 Å². The van der Waals surface area contributed by atoms with Crippen LogP contribution in [0.15, 0.2) is 23.2 Å². The van der Waals surface area contributed by atoms with Gasteiger partial charge in [-0.25, -0.2) is 0 Å². The van der Waals surface area contributed by atoms with Crippen LogP contribution in [0.3, 0.4) is 0 Å². The Labute approximate surface area is 138 Å². The van der Waals surface area contributed by atoms with E-state index in [-0.39, 0.29) is 30.1 Å². The molecule has 5 heteroatoms. The average molecular weight is 389 g/mol. The van der Waals surface area contributed by atoms with Crippen LogP contribution < -0.4 is 11.1 Å². The minimum atomic E-state index is 0. The van der Waals surface area contributed by atoms with Crippen molar-refractivity contribution in [1.82, 2.24) is 0 Å². The van der Waals surface area contributed by atoms with Crippen molar-refractivity contribution in [3.05, 3.63) is 29.3 Å². The van der Waals surface area contributed by atoms with Gasteiger partial charge >= 0.3 is 0 Å². The topological polar surface area (TPSA) is 59.6 Å². The normalized spacial score (nSPS) is 14.1. The van der Waals surface area contributed by atoms with Crippen LogP contribution in [0.2, 0.25) is 0 Å². The average Bonchev–Trinajstić information content (AvgIpc) is 2.82. The molecule has 0 heterocycles. The lowest BCUT2D eigenvalue weighted by atomic mass is 10.1. The molecule has 0 aromatic heterocycles. The molecule has 20 heavy (non-hydrogen) atoms. The smallest absolute Gasteiger partial charge is 0.193 e. The molecule has 1 aromatic rings. The number of hydrogen-bond donors (Lipinski definition) is 2. The highest BCUT2D eigenvalue weighted by atomic mass is 127. The van der Waals surface area contributed by atoms with E-state index in [4.69, 9.17) is 10.5 Å². The van der Waals surface area contributed by atoms with E-state index in [1.54, 1.807) is 0 Å². The summed E-state index contributed by atoms with van der Waals surface area (Å²) in [6.07, 6.45) is 3.87. The summed E-state index contributed by atoms with van der Waals surface area (Å²) in [5, 5.41) is 3.13. The minimum absolute atomic E-state index is 0. The number of nitrogens with one attached hydrogen (secondary N) is 1. The maximum absolute atomic E-state index is 5.85. The zero-order valence-electron chi connectivity index (χ0n) is 12.2. The molecule has 0 bridgehead atoms. The number of aryl methyl sites for hydroxylation is 2. The predicted octanol–water partition coefficient (Wildman–Crippen LogP) is 2.94. The molecule has 4 nitrogen and oxygen atoms in total. The summed E-state index contributed by atoms with van der Waals surface area (Å²) >= 11 is 0. The maximum Gasteiger partial charge on any atom is 0.193 e. The summed E-state index contributed by atoms with van der Waals surface area (Å²) in [7, 11) is 0. The van der Waals surface area contributed by atoms with Crippen LogP contribution >= 0.6 is 24.0 Å². The zero-order valence-corrected chi connectivity index (χ0v) is 14.5. The quantitative estimate of drug-likeness (QED) is 0.352. The number of nitrogens with two attached hydrogens (primary N) is 1. The van der Waals surface area contributed by atoms with Gasteiger partial charge in [-0.05, 0) is 56.4 Å². The molecule has 1 aromatic carbocycles. The molecule has 0 atom stereocenters. The molecule has 0 saturated carbocycles. The Bertz CT molecular complexity index is 460. The highest BCUT2D eigenvalue weighted by Crippen LogP contribution is 2.24. The number of halogens is 1. The fourth-order valence-corrected chi connectivity index (χ4v) is 2.29. The lowest BCUT2D eigenvalue weighted by Crippen LogP contribution is -2.23. The van der Waals surface area contributed by atoms with Crippen molar-refractivity contribution >= 4 is 35.6 Å². The number of fused-ring (bicyclic) bond motifs is 1. The molecule has 3 N–H and O–H groups in total. The standard InChI is InChI=1S/C15H23N3O.HI/c1-11(2)19-9-8-17-15(16)18-14-7-6-12-4-3-5-13(12)10-14;/h6-7,10-11H,3-5,8-9H2,1-2H3,(H3,16,17,18);1H. The Morgan fingerprint density at radius 3 is 2.85 bits per heavy atom. The van der Waals surface area contributed by atoms with E-state index in [1.165, 1.54) is 30.4 Å². The van der Waals surface area contributed by atoms with E-state index in [0.29, 0.717) is 19.1 Å². The van der Waals surface area contributed by atoms with Crippen LogP contribution in [0.1, 0.15) is 31.4 Å². The molecule has 0 unspecified atom stereocenters. The Morgan fingerprint density at radius 1 is 1.35 bits per heavy atom. The Kier molecular flexibility index (Phi) is 7.29. The van der Waals surface area contributed by atoms with Gasteiger partial charge in [-0.15, -0.1) is 24.0 Å². The van der Waals surface area contributed by atoms with Crippen LogP contribution in [0.25, 0.3) is 0 Å². The van der Waals surface area contributed by atoms with Crippen molar-refractivity contribution in [3.8, 4) is 0 Å². The number of aliphatic imine (C=N–C) groups is 1. The zero-order chi connectivity index (χ0) is 13.7. The minimum Gasteiger partial charge on any atom is -0.377 e. The van der Waals surface area contributed by atoms with Gasteiger partial charge in [0.2, 0.25) is 0 Å². The highest BCUT2D eigenvalue weighted by Gasteiger charge is 2.10. The third-order valence-electron chi connectivity index (χ3n) is 3.20. The molecule has 1 aliphatic carbocycles. The van der Waals surface area contributed by atoms with Crippen molar-refractivity contribution in [2.45, 2.75) is 39.2 Å². The first kappa shape index (κ1) is 17.2. The molecular formula is C15H24IN3O. The fraction of sp³-hybridized carbons (Fsp3) is 0.533. The highest BCUT2D eigenvalue weighted by molar-refractivity contribution is 14.0. The number of benzene rings is 1. The van der Waals surface area contributed by atoms with E-state index < -0.39 is 0 Å². The summed E-state index contributed by atoms with van der Waals surface area (Å²) in [6, 6.07) is 6.42. The second-order valence-corrected chi connectivity index (χ2v) is 5.15. The molecule has 0 saturated heterocycles. The van der Waals surface area contributed by atoms with Crippen LogP contribution in [0, 0.1) is 0 Å². The molecule has 0 aliphatic heterocycles. The van der Waals surface area contributed by atoms with Crippen LogP contribution in [-0.4, -0.2) is 25.2 Å². The van der Waals surface area contributed by atoms with E-state index in [2.05, 4.69) is 28.5 Å². The Morgan fingerprint density at radius 2 is 2.10 bits per heavy atom. The maximum atomic E-state index is 5.85. The largest absolute Gasteiger partial charge is 0.377 e. The first-order valence-corrected chi connectivity index (χ1v) is 6.95. The van der Waals surface area contributed by atoms with Gasteiger partial charge in [0.1, 0.15) is 0 Å². The lowest BCUT2D eigenvalue weighted by Gasteiger charge is -2.08. The van der Waals surface area contributed by atoms with Gasteiger partial charge < -0.3 is 15.8 Å². The summed E-state index contributed by atoms with van der Waals surface area (Å²) < 4.78 is 5.41. The third-order valence-corrected chi connectivity index (χ3v) is 3.20. The Balaban J connectivity index is 0.00000200. The second-order valence-electron chi connectivity index (χ2n) is 5.15. The van der Waals surface area contributed by atoms with Crippen molar-refractivity contribution in [2.75, 3.05) is 18.5 Å². The SMILES string of the molecule is CC(C)OCCN=C(N)Nc1ccc2c(c1)CCC2.I. The molecule has 1 aliphatic rings. The van der Waals surface area contributed by atoms with Crippen molar-refractivity contribution < 1.29 is 4.74 Å². The molecule has 2 rings (SSSR count). The van der Waals surface area contributed by atoms with Gasteiger partial charge in [-0.1, -0.05) is 6.07 Å². The summed E-state index contributed by atoms with van der Waals surface area (Å²) in [4.78, 5) is 4.24. The monoisotopic (exact) mass is 389 g/mol. The number of hydrogen-bond acceptors (Lipinski definition) is 2. The van der Waals surface area contributed by atoms with Gasteiger partial charge in [0.15, 0.2) is 5.96 Å². The van der Waals surface area contributed by atoms with E-state index in [9.17, 15) is 0 Å². The predicted molar refractivity (Wildman–Crippen MR) is 95.1 cm³/mol. The van der Waals surface area contributed by atoms with Gasteiger partial charge in [-0.3, -0.25) is 4.99 Å². The molecule has 112 valence electrons. The van der Waals surface area contributed by atoms with Crippen LogP contribution in [-0.2, 0) is 17.6 Å². The first-order chi connectivity index (χ1) is 9.15. The van der Waals surface area contributed by atoms with Gasteiger partial charge in [0.25, 0.3) is 0 Å². The number of ether oxygens (including phenoxy) is 1. The fourth-order valence-electron chi connectivity index (χ4n) is 2.29. The summed E-state index contributed by atoms with van der Waals surface area (Å²) in [5.74, 6) is 0.449. The molecular weight excluding hydrogens is 365 g/mol. The van der Waals surface area contributed by atoms with Crippen molar-refractivity contribution in [2.24, 2.45) is 10.7 Å². The van der Waals surface area contributed by atoms with Gasteiger partial charge in [0, 0.05) is 5.69 Å². The second kappa shape index (κ2) is 8.46.